The highest BCUT2D eigenvalue weighted by Crippen LogP contribution is 2.24. The molecule has 138 valence electrons. The van der Waals surface area contributed by atoms with Gasteiger partial charge in [-0.2, -0.15) is 0 Å². The molecule has 8 heteroatoms. The van der Waals surface area contributed by atoms with Crippen molar-refractivity contribution in [2.75, 3.05) is 19.0 Å². The molecule has 25 heavy (non-hydrogen) atoms. The fourth-order valence-corrected chi connectivity index (χ4v) is 2.53. The lowest BCUT2D eigenvalue weighted by Gasteiger charge is -2.20. The fourth-order valence-electron chi connectivity index (χ4n) is 2.53. The molecule has 0 radical (unpaired) electrons. The minimum Gasteiger partial charge on any atom is -0.496 e. The lowest BCUT2D eigenvalue weighted by molar-refractivity contribution is -0.121. The third-order valence-electron chi connectivity index (χ3n) is 3.88. The Morgan fingerprint density at radius 1 is 1.28 bits per heavy atom. The van der Waals surface area contributed by atoms with E-state index in [0.717, 1.165) is 0 Å². The smallest absolute Gasteiger partial charge is 0.252 e. The first-order chi connectivity index (χ1) is 11.8. The van der Waals surface area contributed by atoms with Crippen molar-refractivity contribution in [3.05, 3.63) is 23.8 Å². The number of rotatable bonds is 9. The number of anilines is 1. The number of hydrogen-bond acceptors (Lipinski definition) is 4. The van der Waals surface area contributed by atoms with Crippen molar-refractivity contribution >= 4 is 23.5 Å². The van der Waals surface area contributed by atoms with Crippen molar-refractivity contribution in [2.24, 2.45) is 23.3 Å². The summed E-state index contributed by atoms with van der Waals surface area (Å²) in [6.45, 7) is 4.50. The minimum absolute atomic E-state index is 0.0808. The molecule has 1 rings (SSSR count). The Balaban J connectivity index is 2.78. The van der Waals surface area contributed by atoms with E-state index < -0.39 is 5.91 Å². The molecular formula is C17H27N5O3. The molecule has 0 spiro atoms. The Bertz CT molecular complexity index is 631. The lowest BCUT2D eigenvalue weighted by atomic mass is 9.90. The highest BCUT2D eigenvalue weighted by atomic mass is 16.5. The van der Waals surface area contributed by atoms with Gasteiger partial charge in [0.25, 0.3) is 5.91 Å². The lowest BCUT2D eigenvalue weighted by Crippen LogP contribution is -2.32. The zero-order chi connectivity index (χ0) is 19.0. The maximum Gasteiger partial charge on any atom is 0.252 e. The summed E-state index contributed by atoms with van der Waals surface area (Å²) in [4.78, 5) is 24.1. The normalized spacial score (nSPS) is 11.7. The van der Waals surface area contributed by atoms with Gasteiger partial charge >= 0.3 is 0 Å². The van der Waals surface area contributed by atoms with Crippen LogP contribution in [-0.4, -0.2) is 31.4 Å². The van der Waals surface area contributed by atoms with Crippen LogP contribution in [0.25, 0.3) is 0 Å². The van der Waals surface area contributed by atoms with Crippen LogP contribution in [0.2, 0.25) is 0 Å². The van der Waals surface area contributed by atoms with Crippen LogP contribution in [-0.2, 0) is 4.79 Å². The number of carbonyl (C=O) groups is 2. The molecule has 0 saturated carbocycles. The predicted octanol–water partition coefficient (Wildman–Crippen LogP) is 1.27. The van der Waals surface area contributed by atoms with Crippen molar-refractivity contribution in [3.63, 3.8) is 0 Å². The number of guanidine groups is 1. The first kappa shape index (κ1) is 20.3. The monoisotopic (exact) mass is 349 g/mol. The summed E-state index contributed by atoms with van der Waals surface area (Å²) in [7, 11) is 1.45. The summed E-state index contributed by atoms with van der Waals surface area (Å²) >= 11 is 0. The van der Waals surface area contributed by atoms with Crippen LogP contribution in [0.15, 0.2) is 18.2 Å². The molecule has 0 bridgehead atoms. The second-order valence-corrected chi connectivity index (χ2v) is 6.10. The summed E-state index contributed by atoms with van der Waals surface area (Å²) in [5.74, 6) is -0.523. The Morgan fingerprint density at radius 2 is 1.96 bits per heavy atom. The molecule has 0 unspecified atom stereocenters. The van der Waals surface area contributed by atoms with E-state index in [1.807, 2.05) is 13.8 Å². The predicted molar refractivity (Wildman–Crippen MR) is 97.6 cm³/mol. The Kier molecular flexibility index (Phi) is 7.71. The van der Waals surface area contributed by atoms with Crippen molar-refractivity contribution in [3.8, 4) is 5.75 Å². The van der Waals surface area contributed by atoms with Crippen LogP contribution in [0.5, 0.6) is 5.75 Å². The number of nitrogens with one attached hydrogen (secondary N) is 3. The number of amides is 2. The van der Waals surface area contributed by atoms with Gasteiger partial charge in [-0.05, 0) is 37.0 Å². The van der Waals surface area contributed by atoms with Gasteiger partial charge < -0.3 is 26.8 Å². The molecular weight excluding hydrogens is 322 g/mol. The molecule has 7 N–H and O–H groups in total. The quantitative estimate of drug-likeness (QED) is 0.259. The zero-order valence-electron chi connectivity index (χ0n) is 14.9. The highest BCUT2D eigenvalue weighted by molar-refractivity contribution is 5.99. The number of benzene rings is 1. The van der Waals surface area contributed by atoms with E-state index in [1.165, 1.54) is 13.2 Å². The first-order valence-corrected chi connectivity index (χ1v) is 8.12. The number of carbonyl (C=O) groups excluding carboxylic acids is 2. The van der Waals surface area contributed by atoms with E-state index in [1.54, 1.807) is 12.1 Å². The van der Waals surface area contributed by atoms with Gasteiger partial charge in [0.1, 0.15) is 5.75 Å². The number of hydrogen-bond donors (Lipinski definition) is 5. The minimum atomic E-state index is -0.622. The van der Waals surface area contributed by atoms with Gasteiger partial charge in [0.05, 0.1) is 12.7 Å². The second kappa shape index (κ2) is 9.51. The summed E-state index contributed by atoms with van der Waals surface area (Å²) in [5, 5.41) is 12.7. The Labute approximate surface area is 147 Å². The van der Waals surface area contributed by atoms with Gasteiger partial charge in [-0.15, -0.1) is 0 Å². The molecule has 2 amide bonds. The Hall–Kier alpha value is -2.77. The van der Waals surface area contributed by atoms with E-state index in [0.29, 0.717) is 30.8 Å². The maximum absolute atomic E-state index is 12.6. The van der Waals surface area contributed by atoms with E-state index >= 15 is 0 Å². The fraction of sp³-hybridized carbons (Fsp3) is 0.471. The summed E-state index contributed by atoms with van der Waals surface area (Å²) < 4.78 is 5.09. The molecule has 0 fully saturated rings. The van der Waals surface area contributed by atoms with E-state index in [4.69, 9.17) is 21.6 Å². The standard InChI is InChI=1S/C17H27N5O3/c1-10(2)12(5-4-8-21-17(19)20)16(24)22-11-6-7-14(25-3)13(9-11)15(18)23/h6-7,9-10,12H,4-5,8H2,1-3H3,(H2,18,23)(H,22,24)(H4,19,20,21)/t12-/m0/s1. The van der Waals surface area contributed by atoms with Crippen LogP contribution < -0.4 is 26.8 Å². The molecule has 0 aromatic heterocycles. The number of methoxy groups -OCH3 is 1. The van der Waals surface area contributed by atoms with Gasteiger partial charge in [-0.3, -0.25) is 15.0 Å². The van der Waals surface area contributed by atoms with Crippen LogP contribution in [0.3, 0.4) is 0 Å². The molecule has 8 nitrogen and oxygen atoms in total. The van der Waals surface area contributed by atoms with E-state index in [2.05, 4.69) is 10.6 Å². The molecule has 1 atom stereocenters. The van der Waals surface area contributed by atoms with Gasteiger partial charge in [0.2, 0.25) is 5.91 Å². The van der Waals surface area contributed by atoms with Crippen molar-refractivity contribution in [1.82, 2.24) is 5.32 Å². The molecule has 0 aliphatic heterocycles. The van der Waals surface area contributed by atoms with Gasteiger partial charge in [0.15, 0.2) is 5.96 Å². The largest absolute Gasteiger partial charge is 0.496 e. The molecule has 1 aromatic rings. The van der Waals surface area contributed by atoms with Crippen LogP contribution in [0.4, 0.5) is 5.69 Å². The second-order valence-electron chi connectivity index (χ2n) is 6.10. The summed E-state index contributed by atoms with van der Waals surface area (Å²) in [5.41, 5.74) is 11.3. The van der Waals surface area contributed by atoms with Crippen molar-refractivity contribution in [1.29, 1.82) is 5.41 Å². The van der Waals surface area contributed by atoms with Gasteiger partial charge in [-0.1, -0.05) is 13.8 Å². The maximum atomic E-state index is 12.6. The highest BCUT2D eigenvalue weighted by Gasteiger charge is 2.22. The molecule has 0 heterocycles. The molecule has 0 aliphatic rings. The molecule has 0 saturated heterocycles. The average molecular weight is 349 g/mol. The topological polar surface area (TPSA) is 143 Å². The molecule has 0 aliphatic carbocycles. The van der Waals surface area contributed by atoms with Crippen LogP contribution in [0, 0.1) is 17.2 Å². The van der Waals surface area contributed by atoms with Gasteiger partial charge in [-0.25, -0.2) is 0 Å². The van der Waals surface area contributed by atoms with E-state index in [-0.39, 0.29) is 29.3 Å². The third-order valence-corrected chi connectivity index (χ3v) is 3.88. The van der Waals surface area contributed by atoms with Crippen molar-refractivity contribution in [2.45, 2.75) is 26.7 Å². The number of nitrogens with two attached hydrogens (primary N) is 2. The third kappa shape index (κ3) is 6.33. The summed E-state index contributed by atoms with van der Waals surface area (Å²) in [6, 6.07) is 4.77. The Morgan fingerprint density at radius 3 is 2.48 bits per heavy atom. The average Bonchev–Trinajstić information content (AvgIpc) is 2.53. The number of ether oxygens (including phenoxy) is 1. The van der Waals surface area contributed by atoms with Crippen LogP contribution >= 0.6 is 0 Å². The van der Waals surface area contributed by atoms with Gasteiger partial charge in [0, 0.05) is 18.2 Å². The summed E-state index contributed by atoms with van der Waals surface area (Å²) in [6.07, 6.45) is 1.37. The van der Waals surface area contributed by atoms with E-state index in [9.17, 15) is 9.59 Å². The van der Waals surface area contributed by atoms with Crippen LogP contribution in [0.1, 0.15) is 37.0 Å². The SMILES string of the molecule is COc1ccc(NC(=O)[C@@H](CCCNC(=N)N)C(C)C)cc1C(N)=O. The van der Waals surface area contributed by atoms with Crippen molar-refractivity contribution < 1.29 is 14.3 Å². The number of primary amides is 1. The first-order valence-electron chi connectivity index (χ1n) is 8.12. The zero-order valence-corrected chi connectivity index (χ0v) is 14.9. The molecule has 1 aromatic carbocycles.